The summed E-state index contributed by atoms with van der Waals surface area (Å²) >= 11 is 0. The van der Waals surface area contributed by atoms with Gasteiger partial charge in [0.25, 0.3) is 11.8 Å². The van der Waals surface area contributed by atoms with Crippen LogP contribution in [-0.4, -0.2) is 65.8 Å². The van der Waals surface area contributed by atoms with E-state index in [1.807, 2.05) is 0 Å². The molecular weight excluding hydrogens is 468 g/mol. The predicted octanol–water partition coefficient (Wildman–Crippen LogP) is 1.51. The third kappa shape index (κ3) is 5.11. The monoisotopic (exact) mass is 494 g/mol. The van der Waals surface area contributed by atoms with E-state index in [-0.39, 0.29) is 30.0 Å². The second kappa shape index (κ2) is 10.8. The number of imide groups is 2. The number of piperidine rings is 1. The highest BCUT2D eigenvalue weighted by atomic mass is 16.5. The molecule has 3 heterocycles. The van der Waals surface area contributed by atoms with Crippen molar-refractivity contribution < 1.29 is 28.7 Å². The van der Waals surface area contributed by atoms with E-state index in [9.17, 15) is 24.0 Å². The Morgan fingerprint density at radius 3 is 2.64 bits per heavy atom. The minimum absolute atomic E-state index is 0.0662. The molecule has 1 aromatic heterocycles. The van der Waals surface area contributed by atoms with Gasteiger partial charge in [-0.25, -0.2) is 9.78 Å². The summed E-state index contributed by atoms with van der Waals surface area (Å²) < 4.78 is 5.10. The molecular formula is C24H26N6O6. The van der Waals surface area contributed by atoms with E-state index in [1.54, 1.807) is 36.5 Å². The number of amides is 6. The SMILES string of the molecule is COc1ncccc1NC(=O)NCCCCNc1cccc2c1C(=O)N(C1CCC(=O)NC1=O)C2=O. The second-order valence-corrected chi connectivity index (χ2v) is 8.25. The Morgan fingerprint density at radius 2 is 1.86 bits per heavy atom. The smallest absolute Gasteiger partial charge is 0.319 e. The Labute approximate surface area is 206 Å². The third-order valence-electron chi connectivity index (χ3n) is 5.89. The lowest BCUT2D eigenvalue weighted by atomic mass is 10.0. The molecule has 188 valence electrons. The summed E-state index contributed by atoms with van der Waals surface area (Å²) in [6.45, 7) is 0.916. The number of urea groups is 1. The topological polar surface area (TPSA) is 159 Å². The standard InChI is InChI=1S/C24H26N6O6/c1-36-21-16(8-5-13-26-21)28-24(35)27-12-3-2-11-25-15-7-4-6-14-19(15)23(34)30(22(14)33)17-9-10-18(31)29-20(17)32/h4-8,13,17,25H,2-3,9-12H2,1H3,(H2,27,28,35)(H,29,31,32). The molecule has 0 bridgehead atoms. The lowest BCUT2D eigenvalue weighted by molar-refractivity contribution is -0.136. The van der Waals surface area contributed by atoms with Crippen LogP contribution in [0.1, 0.15) is 46.4 Å². The number of methoxy groups -OCH3 is 1. The van der Waals surface area contributed by atoms with Crippen LogP contribution in [0.4, 0.5) is 16.2 Å². The number of rotatable bonds is 9. The molecule has 1 fully saturated rings. The molecule has 2 aromatic rings. The van der Waals surface area contributed by atoms with Crippen molar-refractivity contribution in [2.75, 3.05) is 30.8 Å². The maximum atomic E-state index is 13.1. The van der Waals surface area contributed by atoms with Crippen LogP contribution in [0.2, 0.25) is 0 Å². The van der Waals surface area contributed by atoms with Crippen molar-refractivity contribution in [1.82, 2.24) is 20.5 Å². The number of carbonyl (C=O) groups excluding carboxylic acids is 5. The molecule has 12 heteroatoms. The first-order valence-electron chi connectivity index (χ1n) is 11.5. The molecule has 6 amide bonds. The van der Waals surface area contributed by atoms with E-state index >= 15 is 0 Å². The average Bonchev–Trinajstić information content (AvgIpc) is 3.12. The van der Waals surface area contributed by atoms with E-state index in [0.29, 0.717) is 43.2 Å². The van der Waals surface area contributed by atoms with Crippen LogP contribution in [0.15, 0.2) is 36.5 Å². The Kier molecular flexibility index (Phi) is 7.42. The number of benzene rings is 1. The number of unbranched alkanes of at least 4 members (excludes halogenated alkanes) is 1. The Bertz CT molecular complexity index is 1220. The van der Waals surface area contributed by atoms with Crippen molar-refractivity contribution in [3.05, 3.63) is 47.7 Å². The molecule has 0 radical (unpaired) electrons. The number of hydrogen-bond acceptors (Lipinski definition) is 8. The number of nitrogens with one attached hydrogen (secondary N) is 4. The number of carbonyl (C=O) groups is 5. The van der Waals surface area contributed by atoms with E-state index in [4.69, 9.17) is 4.74 Å². The van der Waals surface area contributed by atoms with Crippen LogP contribution in [-0.2, 0) is 9.59 Å². The van der Waals surface area contributed by atoms with Gasteiger partial charge >= 0.3 is 6.03 Å². The number of ether oxygens (including phenoxy) is 1. The van der Waals surface area contributed by atoms with Crippen molar-refractivity contribution in [2.45, 2.75) is 31.7 Å². The normalized spacial score (nSPS) is 16.9. The van der Waals surface area contributed by atoms with Crippen molar-refractivity contribution in [3.63, 3.8) is 0 Å². The highest BCUT2D eigenvalue weighted by molar-refractivity contribution is 6.25. The van der Waals surface area contributed by atoms with Gasteiger partial charge in [0.15, 0.2) is 0 Å². The highest BCUT2D eigenvalue weighted by Gasteiger charge is 2.45. The van der Waals surface area contributed by atoms with Gasteiger partial charge in [-0.05, 0) is 43.5 Å². The second-order valence-electron chi connectivity index (χ2n) is 8.25. The predicted molar refractivity (Wildman–Crippen MR) is 129 cm³/mol. The fourth-order valence-electron chi connectivity index (χ4n) is 4.15. The van der Waals surface area contributed by atoms with Crippen LogP contribution in [0.5, 0.6) is 5.88 Å². The molecule has 1 unspecified atom stereocenters. The van der Waals surface area contributed by atoms with Crippen molar-refractivity contribution in [2.24, 2.45) is 0 Å². The van der Waals surface area contributed by atoms with Crippen LogP contribution in [0, 0.1) is 0 Å². The van der Waals surface area contributed by atoms with Gasteiger partial charge in [0, 0.05) is 31.4 Å². The van der Waals surface area contributed by atoms with Crippen LogP contribution >= 0.6 is 0 Å². The number of aromatic nitrogens is 1. The van der Waals surface area contributed by atoms with Gasteiger partial charge in [0.05, 0.1) is 18.2 Å². The Balaban J connectivity index is 1.27. The first-order valence-corrected chi connectivity index (χ1v) is 11.5. The molecule has 1 saturated heterocycles. The van der Waals surface area contributed by atoms with Crippen LogP contribution in [0.25, 0.3) is 0 Å². The van der Waals surface area contributed by atoms with E-state index in [0.717, 1.165) is 4.90 Å². The number of fused-ring (bicyclic) bond motifs is 1. The fraction of sp³-hybridized carbons (Fsp3) is 0.333. The molecule has 4 rings (SSSR count). The summed E-state index contributed by atoms with van der Waals surface area (Å²) in [4.78, 5) is 66.7. The maximum absolute atomic E-state index is 13.1. The minimum Gasteiger partial charge on any atom is -0.480 e. The van der Waals surface area contributed by atoms with E-state index in [1.165, 1.54) is 7.11 Å². The van der Waals surface area contributed by atoms with Crippen molar-refractivity contribution in [1.29, 1.82) is 0 Å². The molecule has 1 atom stereocenters. The first-order chi connectivity index (χ1) is 17.4. The Morgan fingerprint density at radius 1 is 1.08 bits per heavy atom. The quantitative estimate of drug-likeness (QED) is 0.302. The van der Waals surface area contributed by atoms with Gasteiger partial charge in [0.1, 0.15) is 11.7 Å². The fourth-order valence-corrected chi connectivity index (χ4v) is 4.15. The summed E-state index contributed by atoms with van der Waals surface area (Å²) in [6.07, 6.45) is 3.07. The lowest BCUT2D eigenvalue weighted by Crippen LogP contribution is -2.54. The Hall–Kier alpha value is -4.48. The number of nitrogens with zero attached hydrogens (tertiary/aromatic N) is 2. The van der Waals surface area contributed by atoms with Crippen molar-refractivity contribution >= 4 is 41.0 Å². The highest BCUT2D eigenvalue weighted by Crippen LogP contribution is 2.32. The molecule has 0 spiro atoms. The number of hydrogen-bond donors (Lipinski definition) is 4. The lowest BCUT2D eigenvalue weighted by Gasteiger charge is -2.27. The largest absolute Gasteiger partial charge is 0.480 e. The van der Waals surface area contributed by atoms with Crippen LogP contribution in [0.3, 0.4) is 0 Å². The summed E-state index contributed by atoms with van der Waals surface area (Å²) in [5.41, 5.74) is 1.40. The summed E-state index contributed by atoms with van der Waals surface area (Å²) in [5, 5.41) is 10.8. The summed E-state index contributed by atoms with van der Waals surface area (Å²) in [7, 11) is 1.47. The molecule has 2 aliphatic heterocycles. The van der Waals surface area contributed by atoms with Gasteiger partial charge in [-0.1, -0.05) is 6.07 Å². The minimum atomic E-state index is -1.01. The average molecular weight is 495 g/mol. The number of pyridine rings is 1. The summed E-state index contributed by atoms with van der Waals surface area (Å²) in [5.74, 6) is -1.85. The van der Waals surface area contributed by atoms with Gasteiger partial charge in [-0.2, -0.15) is 0 Å². The van der Waals surface area contributed by atoms with E-state index in [2.05, 4.69) is 26.3 Å². The molecule has 36 heavy (non-hydrogen) atoms. The molecule has 1 aromatic carbocycles. The maximum Gasteiger partial charge on any atom is 0.319 e. The van der Waals surface area contributed by atoms with E-state index < -0.39 is 29.7 Å². The van der Waals surface area contributed by atoms with Gasteiger partial charge in [-0.3, -0.25) is 29.4 Å². The zero-order chi connectivity index (χ0) is 25.7. The molecule has 0 saturated carbocycles. The molecule has 0 aliphatic carbocycles. The zero-order valence-electron chi connectivity index (χ0n) is 19.6. The van der Waals surface area contributed by atoms with Gasteiger partial charge in [-0.15, -0.1) is 0 Å². The van der Waals surface area contributed by atoms with Crippen molar-refractivity contribution in [3.8, 4) is 5.88 Å². The molecule has 12 nitrogen and oxygen atoms in total. The molecule has 2 aliphatic rings. The molecule has 4 N–H and O–H groups in total. The third-order valence-corrected chi connectivity index (χ3v) is 5.89. The first kappa shape index (κ1) is 24.6. The zero-order valence-corrected chi connectivity index (χ0v) is 19.6. The van der Waals surface area contributed by atoms with Gasteiger partial charge < -0.3 is 20.7 Å². The van der Waals surface area contributed by atoms with Crippen LogP contribution < -0.4 is 26.0 Å². The number of anilines is 2. The summed E-state index contributed by atoms with van der Waals surface area (Å²) in [6, 6.07) is 6.89. The van der Waals surface area contributed by atoms with Gasteiger partial charge in [0.2, 0.25) is 17.7 Å².